The second-order valence-electron chi connectivity index (χ2n) is 7.64. The van der Waals surface area contributed by atoms with Gasteiger partial charge in [-0.3, -0.25) is 4.79 Å². The molecule has 1 saturated carbocycles. The summed E-state index contributed by atoms with van der Waals surface area (Å²) in [5.41, 5.74) is 0.815. The normalized spacial score (nSPS) is 22.2. The highest BCUT2D eigenvalue weighted by atomic mass is 35.5. The molecule has 0 bridgehead atoms. The van der Waals surface area contributed by atoms with Gasteiger partial charge in [0.05, 0.1) is 4.90 Å². The molecular formula is C18H26ClN3O3S. The van der Waals surface area contributed by atoms with Crippen LogP contribution in [0.15, 0.2) is 29.2 Å². The zero-order chi connectivity index (χ0) is 17.5. The van der Waals surface area contributed by atoms with E-state index in [-0.39, 0.29) is 29.3 Å². The van der Waals surface area contributed by atoms with Crippen LogP contribution in [0, 0.1) is 5.41 Å². The summed E-state index contributed by atoms with van der Waals surface area (Å²) in [4.78, 5) is 14.9. The molecular weight excluding hydrogens is 374 g/mol. The minimum absolute atomic E-state index is 0. The van der Waals surface area contributed by atoms with Crippen molar-refractivity contribution in [2.75, 3.05) is 26.2 Å². The Hall–Kier alpha value is -1.15. The molecule has 1 spiro atoms. The Bertz CT molecular complexity index is 764. The molecule has 2 heterocycles. The maximum absolute atomic E-state index is 12.8. The monoisotopic (exact) mass is 399 g/mol. The number of sulfonamides is 1. The molecule has 2 saturated heterocycles. The van der Waals surface area contributed by atoms with E-state index in [1.165, 1.54) is 12.5 Å². The second kappa shape index (κ2) is 7.46. The Labute approximate surface area is 161 Å². The molecule has 3 fully saturated rings. The molecule has 0 radical (unpaired) electrons. The quantitative estimate of drug-likeness (QED) is 0.808. The van der Waals surface area contributed by atoms with Crippen LogP contribution in [-0.2, 0) is 10.0 Å². The SMILES string of the molecule is Cl.O=C(c1cccc(S(=O)(=O)NC2CC2)c1)N1CCC2(CCNC2)CC1. The minimum atomic E-state index is -3.53. The van der Waals surface area contributed by atoms with Crippen molar-refractivity contribution in [1.82, 2.24) is 14.9 Å². The van der Waals surface area contributed by atoms with Gasteiger partial charge in [-0.25, -0.2) is 13.1 Å². The van der Waals surface area contributed by atoms with Crippen LogP contribution in [0.25, 0.3) is 0 Å². The number of carbonyl (C=O) groups excluding carboxylic acids is 1. The van der Waals surface area contributed by atoms with E-state index in [9.17, 15) is 13.2 Å². The van der Waals surface area contributed by atoms with Gasteiger partial charge in [0.25, 0.3) is 5.91 Å². The molecule has 1 aliphatic carbocycles. The van der Waals surface area contributed by atoms with Gasteiger partial charge in [-0.1, -0.05) is 6.07 Å². The van der Waals surface area contributed by atoms with Crippen molar-refractivity contribution >= 4 is 28.3 Å². The molecule has 2 N–H and O–H groups in total. The minimum Gasteiger partial charge on any atom is -0.339 e. The molecule has 6 nitrogen and oxygen atoms in total. The lowest BCUT2D eigenvalue weighted by Crippen LogP contribution is -2.44. The summed E-state index contributed by atoms with van der Waals surface area (Å²) < 4.78 is 27.4. The third-order valence-electron chi connectivity index (χ3n) is 5.73. The number of hydrogen-bond acceptors (Lipinski definition) is 4. The first-order chi connectivity index (χ1) is 12.0. The first kappa shape index (κ1) is 19.6. The number of hydrogen-bond donors (Lipinski definition) is 2. The van der Waals surface area contributed by atoms with E-state index in [1.54, 1.807) is 18.2 Å². The highest BCUT2D eigenvalue weighted by molar-refractivity contribution is 7.89. The van der Waals surface area contributed by atoms with Gasteiger partial charge in [0.1, 0.15) is 0 Å². The summed E-state index contributed by atoms with van der Waals surface area (Å²) in [6.45, 7) is 3.62. The number of carbonyl (C=O) groups is 1. The summed E-state index contributed by atoms with van der Waals surface area (Å²) in [6.07, 6.45) is 5.01. The van der Waals surface area contributed by atoms with E-state index in [0.29, 0.717) is 11.0 Å². The highest BCUT2D eigenvalue weighted by Crippen LogP contribution is 2.37. The number of rotatable bonds is 4. The Morgan fingerprint density at radius 1 is 1.19 bits per heavy atom. The van der Waals surface area contributed by atoms with E-state index in [0.717, 1.165) is 51.9 Å². The first-order valence-electron chi connectivity index (χ1n) is 9.10. The van der Waals surface area contributed by atoms with E-state index >= 15 is 0 Å². The summed E-state index contributed by atoms with van der Waals surface area (Å²) >= 11 is 0. The summed E-state index contributed by atoms with van der Waals surface area (Å²) in [5.74, 6) is -0.0655. The van der Waals surface area contributed by atoms with Crippen molar-refractivity contribution in [2.45, 2.75) is 43.0 Å². The van der Waals surface area contributed by atoms with Gasteiger partial charge < -0.3 is 10.2 Å². The lowest BCUT2D eigenvalue weighted by Gasteiger charge is -2.38. The van der Waals surface area contributed by atoms with Gasteiger partial charge >= 0.3 is 0 Å². The number of halogens is 1. The van der Waals surface area contributed by atoms with E-state index in [4.69, 9.17) is 0 Å². The van der Waals surface area contributed by atoms with Crippen LogP contribution in [0.5, 0.6) is 0 Å². The topological polar surface area (TPSA) is 78.5 Å². The molecule has 26 heavy (non-hydrogen) atoms. The van der Waals surface area contributed by atoms with Crippen molar-refractivity contribution in [1.29, 1.82) is 0 Å². The van der Waals surface area contributed by atoms with Crippen LogP contribution in [0.3, 0.4) is 0 Å². The van der Waals surface area contributed by atoms with Crippen LogP contribution < -0.4 is 10.0 Å². The summed E-state index contributed by atoms with van der Waals surface area (Å²) in [5, 5.41) is 3.43. The highest BCUT2D eigenvalue weighted by Gasteiger charge is 2.38. The van der Waals surface area contributed by atoms with Crippen molar-refractivity contribution in [3.05, 3.63) is 29.8 Å². The largest absolute Gasteiger partial charge is 0.339 e. The van der Waals surface area contributed by atoms with E-state index in [2.05, 4.69) is 10.0 Å². The fraction of sp³-hybridized carbons (Fsp3) is 0.611. The summed E-state index contributed by atoms with van der Waals surface area (Å²) in [7, 11) is -3.53. The fourth-order valence-electron chi connectivity index (χ4n) is 3.87. The third-order valence-corrected chi connectivity index (χ3v) is 7.25. The first-order valence-corrected chi connectivity index (χ1v) is 10.6. The maximum atomic E-state index is 12.8. The maximum Gasteiger partial charge on any atom is 0.253 e. The molecule has 0 unspecified atom stereocenters. The van der Waals surface area contributed by atoms with Gasteiger partial charge in [0.2, 0.25) is 10.0 Å². The van der Waals surface area contributed by atoms with Gasteiger partial charge in [-0.2, -0.15) is 0 Å². The summed E-state index contributed by atoms with van der Waals surface area (Å²) in [6, 6.07) is 6.48. The zero-order valence-corrected chi connectivity index (χ0v) is 16.4. The number of nitrogens with one attached hydrogen (secondary N) is 2. The van der Waals surface area contributed by atoms with Crippen molar-refractivity contribution < 1.29 is 13.2 Å². The van der Waals surface area contributed by atoms with Gasteiger partial charge in [0, 0.05) is 31.2 Å². The molecule has 0 atom stereocenters. The molecule has 144 valence electrons. The van der Waals surface area contributed by atoms with Crippen LogP contribution >= 0.6 is 12.4 Å². The van der Waals surface area contributed by atoms with Crippen LogP contribution in [0.4, 0.5) is 0 Å². The molecule has 8 heteroatoms. The van der Waals surface area contributed by atoms with Gasteiger partial charge in [-0.05, 0) is 62.3 Å². The predicted octanol–water partition coefficient (Wildman–Crippen LogP) is 1.76. The zero-order valence-electron chi connectivity index (χ0n) is 14.7. The lowest BCUT2D eigenvalue weighted by molar-refractivity contribution is 0.0607. The average Bonchev–Trinajstić information content (AvgIpc) is 3.31. The van der Waals surface area contributed by atoms with Crippen LogP contribution in [0.1, 0.15) is 42.5 Å². The fourth-order valence-corrected chi connectivity index (χ4v) is 5.22. The molecule has 1 aromatic rings. The Kier molecular flexibility index (Phi) is 5.63. The van der Waals surface area contributed by atoms with Crippen molar-refractivity contribution in [3.63, 3.8) is 0 Å². The van der Waals surface area contributed by atoms with Gasteiger partial charge in [0.15, 0.2) is 0 Å². The van der Waals surface area contributed by atoms with Crippen molar-refractivity contribution in [2.24, 2.45) is 5.41 Å². The molecule has 2 aliphatic heterocycles. The number of amides is 1. The Morgan fingerprint density at radius 2 is 1.92 bits per heavy atom. The molecule has 1 amide bonds. The molecule has 3 aliphatic rings. The van der Waals surface area contributed by atoms with E-state index < -0.39 is 10.0 Å². The average molecular weight is 400 g/mol. The Morgan fingerprint density at radius 3 is 2.54 bits per heavy atom. The number of nitrogens with zero attached hydrogens (tertiary/aromatic N) is 1. The lowest BCUT2D eigenvalue weighted by atomic mass is 9.78. The second-order valence-corrected chi connectivity index (χ2v) is 9.36. The smallest absolute Gasteiger partial charge is 0.253 e. The van der Waals surface area contributed by atoms with Crippen molar-refractivity contribution in [3.8, 4) is 0 Å². The third kappa shape index (κ3) is 4.06. The molecule has 4 rings (SSSR count). The predicted molar refractivity (Wildman–Crippen MR) is 102 cm³/mol. The van der Waals surface area contributed by atoms with Gasteiger partial charge in [-0.15, -0.1) is 12.4 Å². The van der Waals surface area contributed by atoms with Crippen LogP contribution in [-0.4, -0.2) is 51.4 Å². The number of piperidine rings is 1. The van der Waals surface area contributed by atoms with E-state index in [1.807, 2.05) is 4.90 Å². The molecule has 0 aromatic heterocycles. The Balaban J connectivity index is 0.00000196. The number of benzene rings is 1. The number of likely N-dealkylation sites (tertiary alicyclic amines) is 1. The standard InChI is InChI=1S/C18H25N3O3S.ClH/c22-17(21-10-7-18(8-11-21)6-9-19-13-18)14-2-1-3-16(12-14)25(23,24)20-15-4-5-15;/h1-3,12,15,19-20H,4-11,13H2;1H. The molecule has 1 aromatic carbocycles. The van der Waals surface area contributed by atoms with Crippen LogP contribution in [0.2, 0.25) is 0 Å².